The van der Waals surface area contributed by atoms with E-state index < -0.39 is 12.0 Å². The molecular weight excluding hydrogens is 228 g/mol. The van der Waals surface area contributed by atoms with E-state index in [4.69, 9.17) is 10.8 Å². The minimum atomic E-state index is -0.983. The van der Waals surface area contributed by atoms with Gasteiger partial charge in [0.15, 0.2) is 0 Å². The SMILES string of the molecule is CSCC[C@@H](NC(=O)CCC(C)N)C(=O)O. The van der Waals surface area contributed by atoms with Crippen LogP contribution in [0.2, 0.25) is 0 Å². The van der Waals surface area contributed by atoms with E-state index >= 15 is 0 Å². The highest BCUT2D eigenvalue weighted by atomic mass is 32.2. The van der Waals surface area contributed by atoms with Gasteiger partial charge >= 0.3 is 5.97 Å². The van der Waals surface area contributed by atoms with Crippen molar-refractivity contribution in [3.63, 3.8) is 0 Å². The Hall–Kier alpha value is -0.750. The Morgan fingerprint density at radius 2 is 2.06 bits per heavy atom. The van der Waals surface area contributed by atoms with Crippen molar-refractivity contribution in [2.45, 2.75) is 38.3 Å². The number of amides is 1. The molecule has 0 bridgehead atoms. The number of rotatable bonds is 8. The summed E-state index contributed by atoms with van der Waals surface area (Å²) in [6.07, 6.45) is 3.19. The zero-order chi connectivity index (χ0) is 12.6. The van der Waals surface area contributed by atoms with Crippen molar-refractivity contribution < 1.29 is 14.7 Å². The lowest BCUT2D eigenvalue weighted by Gasteiger charge is -2.14. The van der Waals surface area contributed by atoms with Crippen molar-refractivity contribution in [3.05, 3.63) is 0 Å². The van der Waals surface area contributed by atoms with Crippen LogP contribution in [0.4, 0.5) is 0 Å². The third-order valence-corrected chi connectivity index (χ3v) is 2.71. The van der Waals surface area contributed by atoms with Crippen LogP contribution in [0.15, 0.2) is 0 Å². The van der Waals surface area contributed by atoms with Crippen LogP contribution in [0.25, 0.3) is 0 Å². The van der Waals surface area contributed by atoms with Gasteiger partial charge in [-0.1, -0.05) is 0 Å². The summed E-state index contributed by atoms with van der Waals surface area (Å²) in [5.41, 5.74) is 5.51. The predicted octanol–water partition coefficient (Wildman–Crippen LogP) is 0.436. The minimum absolute atomic E-state index is 0.0415. The number of carbonyl (C=O) groups is 2. The minimum Gasteiger partial charge on any atom is -0.480 e. The van der Waals surface area contributed by atoms with Gasteiger partial charge in [-0.15, -0.1) is 0 Å². The first kappa shape index (κ1) is 15.2. The first-order valence-corrected chi connectivity index (χ1v) is 6.63. The third kappa shape index (κ3) is 7.53. The summed E-state index contributed by atoms with van der Waals surface area (Å²) in [7, 11) is 0. The van der Waals surface area contributed by atoms with E-state index in [1.807, 2.05) is 13.2 Å². The second-order valence-corrected chi connectivity index (χ2v) is 4.74. The molecule has 0 saturated carbocycles. The van der Waals surface area contributed by atoms with Gasteiger partial charge in [-0.05, 0) is 31.8 Å². The summed E-state index contributed by atoms with van der Waals surface area (Å²) in [6.45, 7) is 1.82. The highest BCUT2D eigenvalue weighted by Crippen LogP contribution is 2.02. The molecule has 0 aromatic rings. The van der Waals surface area contributed by atoms with Crippen molar-refractivity contribution in [2.75, 3.05) is 12.0 Å². The summed E-state index contributed by atoms with van der Waals surface area (Å²) in [4.78, 5) is 22.2. The van der Waals surface area contributed by atoms with Crippen LogP contribution >= 0.6 is 11.8 Å². The fourth-order valence-electron chi connectivity index (χ4n) is 1.12. The van der Waals surface area contributed by atoms with Crippen LogP contribution < -0.4 is 11.1 Å². The molecular formula is C10H20N2O3S. The number of carboxylic acid groups (broad SMARTS) is 1. The smallest absolute Gasteiger partial charge is 0.326 e. The fourth-order valence-corrected chi connectivity index (χ4v) is 1.59. The molecule has 4 N–H and O–H groups in total. The number of carboxylic acids is 1. The molecule has 0 spiro atoms. The molecule has 0 rings (SSSR count). The van der Waals surface area contributed by atoms with E-state index in [0.29, 0.717) is 18.6 Å². The molecule has 0 radical (unpaired) electrons. The number of hydrogen-bond donors (Lipinski definition) is 3. The number of carbonyl (C=O) groups excluding carboxylic acids is 1. The Kier molecular flexibility index (Phi) is 8.01. The maximum Gasteiger partial charge on any atom is 0.326 e. The number of nitrogens with one attached hydrogen (secondary N) is 1. The van der Waals surface area contributed by atoms with Gasteiger partial charge in [0.1, 0.15) is 6.04 Å². The quantitative estimate of drug-likeness (QED) is 0.579. The topological polar surface area (TPSA) is 92.4 Å². The Balaban J connectivity index is 3.98. The summed E-state index contributed by atoms with van der Waals surface area (Å²) in [6, 6.07) is -0.826. The molecule has 1 unspecified atom stereocenters. The number of aliphatic carboxylic acids is 1. The molecule has 0 aliphatic rings. The maximum absolute atomic E-state index is 11.4. The normalized spacial score (nSPS) is 14.2. The second-order valence-electron chi connectivity index (χ2n) is 3.76. The lowest BCUT2D eigenvalue weighted by molar-refractivity contribution is -0.141. The molecule has 0 aliphatic carbocycles. The van der Waals surface area contributed by atoms with E-state index in [9.17, 15) is 9.59 Å². The molecule has 94 valence electrons. The zero-order valence-electron chi connectivity index (χ0n) is 9.73. The van der Waals surface area contributed by atoms with Crippen LogP contribution in [0.5, 0.6) is 0 Å². The molecule has 5 nitrogen and oxygen atoms in total. The molecule has 6 heteroatoms. The van der Waals surface area contributed by atoms with Gasteiger partial charge in [0.25, 0.3) is 0 Å². The molecule has 1 amide bonds. The summed E-state index contributed by atoms with van der Waals surface area (Å²) < 4.78 is 0. The summed E-state index contributed by atoms with van der Waals surface area (Å²) in [5, 5.41) is 11.4. The van der Waals surface area contributed by atoms with Crippen LogP contribution in [-0.2, 0) is 9.59 Å². The highest BCUT2D eigenvalue weighted by Gasteiger charge is 2.19. The highest BCUT2D eigenvalue weighted by molar-refractivity contribution is 7.98. The van der Waals surface area contributed by atoms with Gasteiger partial charge < -0.3 is 16.2 Å². The zero-order valence-corrected chi connectivity index (χ0v) is 10.5. The Morgan fingerprint density at radius 1 is 1.44 bits per heavy atom. The first-order chi connectivity index (χ1) is 7.47. The average Bonchev–Trinajstić information content (AvgIpc) is 2.20. The number of thioether (sulfide) groups is 1. The molecule has 0 aromatic carbocycles. The maximum atomic E-state index is 11.4. The number of nitrogens with two attached hydrogens (primary N) is 1. The van der Waals surface area contributed by atoms with E-state index in [0.717, 1.165) is 0 Å². The van der Waals surface area contributed by atoms with Crippen LogP contribution in [0.3, 0.4) is 0 Å². The molecule has 0 aliphatic heterocycles. The van der Waals surface area contributed by atoms with Gasteiger partial charge in [-0.2, -0.15) is 11.8 Å². The Bertz CT molecular complexity index is 234. The van der Waals surface area contributed by atoms with Gasteiger partial charge in [0.05, 0.1) is 0 Å². The van der Waals surface area contributed by atoms with Crippen LogP contribution in [-0.4, -0.2) is 41.1 Å². The Labute approximate surface area is 100 Å². The lowest BCUT2D eigenvalue weighted by atomic mass is 10.1. The van der Waals surface area contributed by atoms with Gasteiger partial charge in [0.2, 0.25) is 5.91 Å². The summed E-state index contributed by atoms with van der Waals surface area (Å²) >= 11 is 1.56. The van der Waals surface area contributed by atoms with E-state index in [1.54, 1.807) is 11.8 Å². The van der Waals surface area contributed by atoms with E-state index in [1.165, 1.54) is 0 Å². The van der Waals surface area contributed by atoms with Crippen molar-refractivity contribution in [3.8, 4) is 0 Å². The molecule has 0 fully saturated rings. The first-order valence-electron chi connectivity index (χ1n) is 5.24. The van der Waals surface area contributed by atoms with Crippen LogP contribution in [0, 0.1) is 0 Å². The molecule has 16 heavy (non-hydrogen) atoms. The third-order valence-electron chi connectivity index (χ3n) is 2.07. The van der Waals surface area contributed by atoms with E-state index in [2.05, 4.69) is 5.32 Å². The standard InChI is InChI=1S/C10H20N2O3S/c1-7(11)3-4-9(13)12-8(10(14)15)5-6-16-2/h7-8H,3-6,11H2,1-2H3,(H,12,13)(H,14,15)/t7?,8-/m1/s1. The van der Waals surface area contributed by atoms with E-state index in [-0.39, 0.29) is 18.4 Å². The van der Waals surface area contributed by atoms with Crippen molar-refractivity contribution in [1.29, 1.82) is 0 Å². The van der Waals surface area contributed by atoms with Gasteiger partial charge in [-0.25, -0.2) is 4.79 Å². The van der Waals surface area contributed by atoms with Crippen molar-refractivity contribution in [2.24, 2.45) is 5.73 Å². The van der Waals surface area contributed by atoms with Crippen molar-refractivity contribution >= 4 is 23.6 Å². The number of hydrogen-bond acceptors (Lipinski definition) is 4. The van der Waals surface area contributed by atoms with Gasteiger partial charge in [0, 0.05) is 12.5 Å². The van der Waals surface area contributed by atoms with Crippen molar-refractivity contribution in [1.82, 2.24) is 5.32 Å². The fraction of sp³-hybridized carbons (Fsp3) is 0.800. The van der Waals surface area contributed by atoms with Crippen LogP contribution in [0.1, 0.15) is 26.2 Å². The van der Waals surface area contributed by atoms with Gasteiger partial charge in [-0.3, -0.25) is 4.79 Å². The molecule has 0 heterocycles. The summed E-state index contributed by atoms with van der Waals surface area (Å²) in [5.74, 6) is -0.515. The Morgan fingerprint density at radius 3 is 2.50 bits per heavy atom. The monoisotopic (exact) mass is 248 g/mol. The largest absolute Gasteiger partial charge is 0.480 e. The molecule has 0 aromatic heterocycles. The lowest BCUT2D eigenvalue weighted by Crippen LogP contribution is -2.41. The average molecular weight is 248 g/mol. The molecule has 2 atom stereocenters. The second kappa shape index (κ2) is 8.41. The molecule has 0 saturated heterocycles. The predicted molar refractivity (Wildman–Crippen MR) is 65.4 cm³/mol.